The van der Waals surface area contributed by atoms with E-state index in [0.29, 0.717) is 0 Å². The lowest BCUT2D eigenvalue weighted by Gasteiger charge is -2.23. The van der Waals surface area contributed by atoms with Crippen LogP contribution in [0.1, 0.15) is 6.42 Å². The molecule has 1 N–H and O–H groups in total. The number of hydrogen-bond donors (Lipinski definition) is 1. The summed E-state index contributed by atoms with van der Waals surface area (Å²) in [6.07, 6.45) is -2.56. The Kier molecular flexibility index (Phi) is 1.52. The summed E-state index contributed by atoms with van der Waals surface area (Å²) >= 11 is 0. The Bertz CT molecular complexity index is 353. The predicted octanol–water partition coefficient (Wildman–Crippen LogP) is -1.40. The number of aliphatic hydroxyl groups is 1. The second-order valence-corrected chi connectivity index (χ2v) is 4.12. The molecular formula is C9H10O6. The van der Waals surface area contributed by atoms with Crippen LogP contribution in [-0.2, 0) is 23.8 Å². The van der Waals surface area contributed by atoms with Crippen molar-refractivity contribution in [2.24, 2.45) is 5.41 Å². The number of aliphatic hydroxyl groups excluding tert-OH is 1. The zero-order chi connectivity index (χ0) is 10.8. The second-order valence-electron chi connectivity index (χ2n) is 4.12. The Balaban J connectivity index is 2.06. The number of carbonyl (C=O) groups is 2. The van der Waals surface area contributed by atoms with Gasteiger partial charge in [0.15, 0.2) is 11.5 Å². The molecule has 0 radical (unpaired) electrons. The quantitative estimate of drug-likeness (QED) is 0.427. The molecule has 0 aliphatic carbocycles. The molecule has 3 aliphatic heterocycles. The summed E-state index contributed by atoms with van der Waals surface area (Å²) in [6.45, 7) is 0. The minimum absolute atomic E-state index is 0.154. The molecule has 15 heavy (non-hydrogen) atoms. The molecular weight excluding hydrogens is 204 g/mol. The van der Waals surface area contributed by atoms with Crippen LogP contribution in [-0.4, -0.2) is 48.6 Å². The van der Waals surface area contributed by atoms with E-state index in [4.69, 9.17) is 9.47 Å². The van der Waals surface area contributed by atoms with Crippen molar-refractivity contribution in [3.8, 4) is 0 Å². The molecule has 3 rings (SSSR count). The normalized spacial score (nSPS) is 50.7. The zero-order valence-electron chi connectivity index (χ0n) is 8.00. The first-order valence-corrected chi connectivity index (χ1v) is 4.74. The van der Waals surface area contributed by atoms with Crippen LogP contribution < -0.4 is 0 Å². The molecule has 6 nitrogen and oxygen atoms in total. The van der Waals surface area contributed by atoms with Crippen molar-refractivity contribution < 1.29 is 28.9 Å². The maximum atomic E-state index is 11.6. The van der Waals surface area contributed by atoms with Gasteiger partial charge in [-0.2, -0.15) is 0 Å². The molecule has 5 unspecified atom stereocenters. The Morgan fingerprint density at radius 2 is 2.40 bits per heavy atom. The van der Waals surface area contributed by atoms with Crippen molar-refractivity contribution in [1.29, 1.82) is 0 Å². The van der Waals surface area contributed by atoms with Gasteiger partial charge in [-0.3, -0.25) is 9.59 Å². The van der Waals surface area contributed by atoms with Gasteiger partial charge in [-0.05, 0) is 0 Å². The molecule has 0 aromatic heterocycles. The van der Waals surface area contributed by atoms with Crippen LogP contribution in [0.3, 0.4) is 0 Å². The van der Waals surface area contributed by atoms with Crippen LogP contribution in [0.5, 0.6) is 0 Å². The molecule has 6 heteroatoms. The molecule has 3 heterocycles. The predicted molar refractivity (Wildman–Crippen MR) is 43.6 cm³/mol. The SMILES string of the molecule is COC(=O)C12CC3OC1C(OC2=O)C3O. The maximum absolute atomic E-state index is 11.6. The molecule has 3 aliphatic rings. The molecule has 82 valence electrons. The van der Waals surface area contributed by atoms with Crippen LogP contribution in [0.15, 0.2) is 0 Å². The summed E-state index contributed by atoms with van der Waals surface area (Å²) in [5, 5.41) is 9.64. The highest BCUT2D eigenvalue weighted by atomic mass is 16.6. The lowest BCUT2D eigenvalue weighted by Crippen LogP contribution is -2.48. The molecule has 5 atom stereocenters. The highest BCUT2D eigenvalue weighted by Crippen LogP contribution is 2.54. The molecule has 0 spiro atoms. The largest absolute Gasteiger partial charge is 0.468 e. The maximum Gasteiger partial charge on any atom is 0.326 e. The number of fused-ring (bicyclic) bond motifs is 1. The van der Waals surface area contributed by atoms with Crippen LogP contribution in [0.25, 0.3) is 0 Å². The number of methoxy groups -OCH3 is 1. The topological polar surface area (TPSA) is 82.1 Å². The minimum atomic E-state index is -1.33. The van der Waals surface area contributed by atoms with E-state index in [1.807, 2.05) is 0 Å². The van der Waals surface area contributed by atoms with E-state index in [0.717, 1.165) is 0 Å². The second kappa shape index (κ2) is 2.51. The molecule has 3 fully saturated rings. The fourth-order valence-electron chi connectivity index (χ4n) is 2.76. The lowest BCUT2D eigenvalue weighted by atomic mass is 9.74. The standard InChI is InChI=1S/C9H10O6/c1-13-7(11)9-2-3-4(10)5(6(9)14-3)15-8(9)12/h3-6,10H,2H2,1H3. The van der Waals surface area contributed by atoms with E-state index in [1.165, 1.54) is 7.11 Å². The molecule has 0 amide bonds. The van der Waals surface area contributed by atoms with Gasteiger partial charge in [0.1, 0.15) is 12.2 Å². The van der Waals surface area contributed by atoms with Gasteiger partial charge in [0, 0.05) is 6.42 Å². The van der Waals surface area contributed by atoms with Crippen molar-refractivity contribution in [1.82, 2.24) is 0 Å². The van der Waals surface area contributed by atoms with Crippen LogP contribution >= 0.6 is 0 Å². The Morgan fingerprint density at radius 3 is 3.00 bits per heavy atom. The van der Waals surface area contributed by atoms with Gasteiger partial charge in [0.25, 0.3) is 0 Å². The third-order valence-electron chi connectivity index (χ3n) is 3.50. The number of ether oxygens (including phenoxy) is 3. The first-order chi connectivity index (χ1) is 7.11. The highest BCUT2D eigenvalue weighted by Gasteiger charge is 2.76. The van der Waals surface area contributed by atoms with E-state index in [1.54, 1.807) is 0 Å². The van der Waals surface area contributed by atoms with Crippen molar-refractivity contribution in [3.63, 3.8) is 0 Å². The van der Waals surface area contributed by atoms with Gasteiger partial charge in [-0.1, -0.05) is 0 Å². The van der Waals surface area contributed by atoms with Crippen molar-refractivity contribution in [2.75, 3.05) is 7.11 Å². The van der Waals surface area contributed by atoms with Crippen LogP contribution in [0.4, 0.5) is 0 Å². The van der Waals surface area contributed by atoms with Gasteiger partial charge >= 0.3 is 11.9 Å². The molecule has 3 saturated heterocycles. The number of rotatable bonds is 1. The van der Waals surface area contributed by atoms with E-state index >= 15 is 0 Å². The van der Waals surface area contributed by atoms with E-state index in [9.17, 15) is 14.7 Å². The van der Waals surface area contributed by atoms with Crippen molar-refractivity contribution >= 4 is 11.9 Å². The van der Waals surface area contributed by atoms with E-state index in [-0.39, 0.29) is 6.42 Å². The first-order valence-electron chi connectivity index (χ1n) is 4.74. The van der Waals surface area contributed by atoms with Gasteiger partial charge in [-0.15, -0.1) is 0 Å². The number of esters is 2. The van der Waals surface area contributed by atoms with Crippen LogP contribution in [0, 0.1) is 5.41 Å². The average molecular weight is 214 g/mol. The van der Waals surface area contributed by atoms with Gasteiger partial charge in [0.2, 0.25) is 0 Å². The van der Waals surface area contributed by atoms with Gasteiger partial charge < -0.3 is 19.3 Å². The smallest absolute Gasteiger partial charge is 0.326 e. The van der Waals surface area contributed by atoms with E-state index in [2.05, 4.69) is 4.74 Å². The summed E-state index contributed by atoms with van der Waals surface area (Å²) in [5.74, 6) is -1.27. The molecule has 0 aromatic carbocycles. The van der Waals surface area contributed by atoms with Gasteiger partial charge in [-0.25, -0.2) is 0 Å². The monoisotopic (exact) mass is 214 g/mol. The Hall–Kier alpha value is -1.14. The summed E-state index contributed by atoms with van der Waals surface area (Å²) in [7, 11) is 1.22. The third kappa shape index (κ3) is 0.788. The minimum Gasteiger partial charge on any atom is -0.468 e. The molecule has 2 bridgehead atoms. The fraction of sp³-hybridized carbons (Fsp3) is 0.778. The Labute approximate surface area is 85.1 Å². The number of hydrogen-bond acceptors (Lipinski definition) is 6. The summed E-state index contributed by atoms with van der Waals surface area (Å²) in [5.41, 5.74) is -1.33. The Morgan fingerprint density at radius 1 is 1.67 bits per heavy atom. The first kappa shape index (κ1) is 9.11. The third-order valence-corrected chi connectivity index (χ3v) is 3.50. The summed E-state index contributed by atoms with van der Waals surface area (Å²) in [6, 6.07) is 0. The summed E-state index contributed by atoms with van der Waals surface area (Å²) < 4.78 is 14.9. The molecule has 0 aromatic rings. The number of carbonyl (C=O) groups excluding carboxylic acids is 2. The lowest BCUT2D eigenvalue weighted by molar-refractivity contribution is -0.163. The van der Waals surface area contributed by atoms with Crippen molar-refractivity contribution in [3.05, 3.63) is 0 Å². The molecule has 0 saturated carbocycles. The summed E-state index contributed by atoms with van der Waals surface area (Å²) in [4.78, 5) is 23.3. The highest BCUT2D eigenvalue weighted by molar-refractivity contribution is 6.03. The van der Waals surface area contributed by atoms with Gasteiger partial charge in [0.05, 0.1) is 13.2 Å². The fourth-order valence-corrected chi connectivity index (χ4v) is 2.76. The van der Waals surface area contributed by atoms with Crippen molar-refractivity contribution in [2.45, 2.75) is 30.8 Å². The van der Waals surface area contributed by atoms with Crippen LogP contribution in [0.2, 0.25) is 0 Å². The van der Waals surface area contributed by atoms with E-state index < -0.39 is 41.8 Å². The zero-order valence-corrected chi connectivity index (χ0v) is 8.00. The average Bonchev–Trinajstić information content (AvgIpc) is 2.80.